The molecular weight excluding hydrogens is 402 g/mol. The predicted octanol–water partition coefficient (Wildman–Crippen LogP) is 3.66. The summed E-state index contributed by atoms with van der Waals surface area (Å²) in [5.74, 6) is 0.812. The van der Waals surface area contributed by atoms with Gasteiger partial charge >= 0.3 is 0 Å². The monoisotopic (exact) mass is 417 g/mol. The van der Waals surface area contributed by atoms with E-state index < -0.39 is 5.25 Å². The zero-order chi connectivity index (χ0) is 19.7. The number of hydrogen-bond acceptors (Lipinski definition) is 6. The molecule has 2 aliphatic rings. The Hall–Kier alpha value is -2.71. The van der Waals surface area contributed by atoms with Crippen LogP contribution >= 0.6 is 23.4 Å². The van der Waals surface area contributed by atoms with E-state index >= 15 is 0 Å². The van der Waals surface area contributed by atoms with Crippen molar-refractivity contribution in [3.8, 4) is 11.5 Å². The van der Waals surface area contributed by atoms with Crippen molar-refractivity contribution in [2.45, 2.75) is 11.7 Å². The summed E-state index contributed by atoms with van der Waals surface area (Å²) in [5.41, 5.74) is 1.20. The molecule has 0 aromatic heterocycles. The highest BCUT2D eigenvalue weighted by Gasteiger charge is 2.34. The summed E-state index contributed by atoms with van der Waals surface area (Å²) in [6.07, 6.45) is 0.0910. The smallest absolute Gasteiger partial charge is 0.238 e. The second-order valence-corrected chi connectivity index (χ2v) is 7.80. The van der Waals surface area contributed by atoms with Crippen LogP contribution in [0.4, 0.5) is 11.4 Å². The molecule has 2 heterocycles. The minimum Gasteiger partial charge on any atom is -0.454 e. The van der Waals surface area contributed by atoms with Gasteiger partial charge in [-0.3, -0.25) is 14.5 Å². The van der Waals surface area contributed by atoms with Crippen molar-refractivity contribution < 1.29 is 19.1 Å². The van der Waals surface area contributed by atoms with Crippen LogP contribution in [0.25, 0.3) is 0 Å². The van der Waals surface area contributed by atoms with E-state index in [1.165, 1.54) is 16.7 Å². The Bertz CT molecular complexity index is 981. The Morgan fingerprint density at radius 1 is 1.25 bits per heavy atom. The number of carbonyl (C=O) groups is 2. The first-order valence-corrected chi connectivity index (χ1v) is 9.73. The molecule has 0 radical (unpaired) electrons. The zero-order valence-electron chi connectivity index (χ0n) is 14.8. The van der Waals surface area contributed by atoms with Crippen molar-refractivity contribution in [1.29, 1.82) is 0 Å². The van der Waals surface area contributed by atoms with Gasteiger partial charge in [0.2, 0.25) is 18.6 Å². The largest absolute Gasteiger partial charge is 0.454 e. The number of hydrogen-bond donors (Lipinski definition) is 1. The van der Waals surface area contributed by atoms with Crippen molar-refractivity contribution in [3.63, 3.8) is 0 Å². The molecule has 28 heavy (non-hydrogen) atoms. The highest BCUT2D eigenvalue weighted by molar-refractivity contribution is 8.15. The van der Waals surface area contributed by atoms with Crippen molar-refractivity contribution in [1.82, 2.24) is 4.90 Å². The minimum atomic E-state index is -0.588. The Morgan fingerprint density at radius 3 is 2.89 bits per heavy atom. The maximum atomic E-state index is 12.6. The van der Waals surface area contributed by atoms with Gasteiger partial charge in [0.05, 0.1) is 5.69 Å². The van der Waals surface area contributed by atoms with E-state index in [-0.39, 0.29) is 25.0 Å². The predicted molar refractivity (Wildman–Crippen MR) is 109 cm³/mol. The van der Waals surface area contributed by atoms with Crippen LogP contribution in [-0.4, -0.2) is 41.0 Å². The van der Waals surface area contributed by atoms with Gasteiger partial charge in [-0.1, -0.05) is 29.4 Å². The average Bonchev–Trinajstić information content (AvgIpc) is 3.13. The number of anilines is 1. The van der Waals surface area contributed by atoms with Gasteiger partial charge in [-0.2, -0.15) is 0 Å². The molecule has 0 spiro atoms. The lowest BCUT2D eigenvalue weighted by atomic mass is 10.2. The molecule has 1 atom stereocenters. The maximum absolute atomic E-state index is 12.6. The molecular formula is C19H16ClN3O4S. The van der Waals surface area contributed by atoms with E-state index in [0.717, 1.165) is 0 Å². The molecule has 0 aliphatic carbocycles. The van der Waals surface area contributed by atoms with Crippen LogP contribution in [0.15, 0.2) is 47.5 Å². The molecule has 2 aliphatic heterocycles. The number of nitrogens with zero attached hydrogens (tertiary/aromatic N) is 2. The van der Waals surface area contributed by atoms with E-state index in [4.69, 9.17) is 21.1 Å². The van der Waals surface area contributed by atoms with Gasteiger partial charge in [-0.05, 0) is 30.3 Å². The van der Waals surface area contributed by atoms with Crippen LogP contribution < -0.4 is 14.8 Å². The number of aliphatic imine (C=N–C) groups is 1. The van der Waals surface area contributed by atoms with Crippen LogP contribution in [0.3, 0.4) is 0 Å². The third-order valence-electron chi connectivity index (χ3n) is 4.23. The first kappa shape index (κ1) is 18.6. The average molecular weight is 418 g/mol. The third kappa shape index (κ3) is 3.93. The van der Waals surface area contributed by atoms with E-state index in [1.807, 2.05) is 0 Å². The second-order valence-electron chi connectivity index (χ2n) is 6.19. The summed E-state index contributed by atoms with van der Waals surface area (Å²) in [6, 6.07) is 12.1. The van der Waals surface area contributed by atoms with Crippen molar-refractivity contribution in [2.75, 3.05) is 19.2 Å². The summed E-state index contributed by atoms with van der Waals surface area (Å²) in [4.78, 5) is 31.0. The van der Waals surface area contributed by atoms with Crippen molar-refractivity contribution in [2.24, 2.45) is 4.99 Å². The highest BCUT2D eigenvalue weighted by atomic mass is 35.5. The molecule has 144 valence electrons. The zero-order valence-corrected chi connectivity index (χ0v) is 16.4. The first-order chi connectivity index (χ1) is 13.5. The Morgan fingerprint density at radius 2 is 2.07 bits per heavy atom. The number of benzene rings is 2. The quantitative estimate of drug-likeness (QED) is 0.824. The molecule has 0 bridgehead atoms. The molecule has 7 nitrogen and oxygen atoms in total. The number of thioether (sulfide) groups is 1. The van der Waals surface area contributed by atoms with Gasteiger partial charge in [0.1, 0.15) is 5.25 Å². The molecule has 0 saturated carbocycles. The Labute approximate surface area is 170 Å². The summed E-state index contributed by atoms with van der Waals surface area (Å²) < 4.78 is 10.7. The van der Waals surface area contributed by atoms with Crippen LogP contribution in [0, 0.1) is 0 Å². The van der Waals surface area contributed by atoms with E-state index in [9.17, 15) is 9.59 Å². The number of rotatable bonds is 3. The lowest BCUT2D eigenvalue weighted by Gasteiger charge is -2.28. The van der Waals surface area contributed by atoms with E-state index in [0.29, 0.717) is 33.1 Å². The molecule has 2 amide bonds. The summed E-state index contributed by atoms with van der Waals surface area (Å²) in [7, 11) is 1.65. The van der Waals surface area contributed by atoms with E-state index in [2.05, 4.69) is 10.3 Å². The highest BCUT2D eigenvalue weighted by Crippen LogP contribution is 2.36. The number of ether oxygens (including phenoxy) is 2. The molecule has 9 heteroatoms. The molecule has 1 fully saturated rings. The normalized spacial score (nSPS) is 19.8. The second kappa shape index (κ2) is 7.73. The van der Waals surface area contributed by atoms with Gasteiger partial charge < -0.3 is 14.8 Å². The SMILES string of the molecule is CN1C(=O)CC(C(=O)Nc2cccc(Cl)c2)SC1=Nc1ccc2c(c1)OCO2. The minimum absolute atomic E-state index is 0.0910. The fourth-order valence-electron chi connectivity index (χ4n) is 2.75. The van der Waals surface area contributed by atoms with Crippen LogP contribution in [0.2, 0.25) is 5.02 Å². The van der Waals surface area contributed by atoms with Crippen LogP contribution in [0.5, 0.6) is 11.5 Å². The summed E-state index contributed by atoms with van der Waals surface area (Å²) in [5, 5.41) is 3.18. The van der Waals surface area contributed by atoms with Gasteiger partial charge in [0.15, 0.2) is 16.7 Å². The van der Waals surface area contributed by atoms with Crippen LogP contribution in [-0.2, 0) is 9.59 Å². The van der Waals surface area contributed by atoms with Crippen molar-refractivity contribution >= 4 is 51.7 Å². The number of halogens is 1. The molecule has 1 N–H and O–H groups in total. The number of amides is 2. The number of fused-ring (bicyclic) bond motifs is 1. The first-order valence-electron chi connectivity index (χ1n) is 8.47. The fourth-order valence-corrected chi connectivity index (χ4v) is 4.01. The van der Waals surface area contributed by atoms with Gasteiger partial charge in [0.25, 0.3) is 0 Å². The molecule has 1 unspecified atom stereocenters. The lowest BCUT2D eigenvalue weighted by Crippen LogP contribution is -2.43. The van der Waals surface area contributed by atoms with Gasteiger partial charge in [-0.15, -0.1) is 0 Å². The molecule has 1 saturated heterocycles. The van der Waals surface area contributed by atoms with Crippen LogP contribution in [0.1, 0.15) is 6.42 Å². The Balaban J connectivity index is 1.53. The lowest BCUT2D eigenvalue weighted by molar-refractivity contribution is -0.128. The Kier molecular flexibility index (Phi) is 5.15. The maximum Gasteiger partial charge on any atom is 0.238 e. The third-order valence-corrected chi connectivity index (χ3v) is 5.71. The van der Waals surface area contributed by atoms with Gasteiger partial charge in [0, 0.05) is 30.2 Å². The summed E-state index contributed by atoms with van der Waals surface area (Å²) >= 11 is 7.20. The topological polar surface area (TPSA) is 80.2 Å². The van der Waals surface area contributed by atoms with Gasteiger partial charge in [-0.25, -0.2) is 4.99 Å². The number of carbonyl (C=O) groups excluding carboxylic acids is 2. The number of amidine groups is 1. The standard InChI is InChI=1S/C19H16ClN3O4S/c1-23-17(24)9-16(18(25)21-12-4-2-3-11(20)7-12)28-19(23)22-13-5-6-14-15(8-13)27-10-26-14/h2-8,16H,9-10H2,1H3,(H,21,25). The van der Waals surface area contributed by atoms with Crippen molar-refractivity contribution in [3.05, 3.63) is 47.5 Å². The molecule has 2 aromatic rings. The molecule has 4 rings (SSSR count). The van der Waals surface area contributed by atoms with E-state index in [1.54, 1.807) is 49.5 Å². The summed E-state index contributed by atoms with van der Waals surface area (Å²) in [6.45, 7) is 0.175. The fraction of sp³-hybridized carbons (Fsp3) is 0.211. The number of nitrogens with one attached hydrogen (secondary N) is 1. The molecule has 2 aromatic carbocycles.